The summed E-state index contributed by atoms with van der Waals surface area (Å²) < 4.78 is 5.75. The van der Waals surface area contributed by atoms with E-state index in [2.05, 4.69) is 10.5 Å². The van der Waals surface area contributed by atoms with Gasteiger partial charge in [-0.05, 0) is 37.1 Å². The highest BCUT2D eigenvalue weighted by Gasteiger charge is 2.18. The minimum atomic E-state index is -0.749. The fourth-order valence-corrected chi connectivity index (χ4v) is 2.29. The van der Waals surface area contributed by atoms with Gasteiger partial charge in [-0.2, -0.15) is 5.10 Å². The lowest BCUT2D eigenvalue weighted by molar-refractivity contribution is -0.145. The maximum absolute atomic E-state index is 11.8. The number of hydrazone groups is 1. The van der Waals surface area contributed by atoms with Crippen LogP contribution in [0.25, 0.3) is 0 Å². The van der Waals surface area contributed by atoms with Crippen LogP contribution < -0.4 is 10.2 Å². The highest BCUT2D eigenvalue weighted by Crippen LogP contribution is 2.14. The largest absolute Gasteiger partial charge is 0.489 e. The maximum Gasteiger partial charge on any atom is 0.329 e. The fraction of sp³-hybridized carbons (Fsp3) is 0.250. The minimum Gasteiger partial charge on any atom is -0.489 e. The smallest absolute Gasteiger partial charge is 0.329 e. The van der Waals surface area contributed by atoms with Gasteiger partial charge in [-0.3, -0.25) is 9.59 Å². The minimum absolute atomic E-state index is 0.469. The van der Waals surface area contributed by atoms with Crippen LogP contribution in [-0.4, -0.2) is 36.0 Å². The second kappa shape index (κ2) is 9.98. The van der Waals surface area contributed by atoms with Gasteiger partial charge in [0.1, 0.15) is 12.4 Å². The average molecular weight is 353 g/mol. The molecule has 0 unspecified atom stereocenters. The zero-order valence-electron chi connectivity index (χ0n) is 15.0. The molecule has 0 aliphatic rings. The summed E-state index contributed by atoms with van der Waals surface area (Å²) in [6, 6.07) is 17.2. The Labute approximate surface area is 153 Å². The quantitative estimate of drug-likeness (QED) is 0.472. The second-order valence-electron chi connectivity index (χ2n) is 5.52. The molecular weight excluding hydrogens is 330 g/mol. The van der Waals surface area contributed by atoms with Crippen LogP contribution in [0, 0.1) is 0 Å². The number of likely N-dealkylation sites (N-methyl/N-ethyl adjacent to an activating group) is 1. The molecule has 0 saturated carbocycles. The Hall–Kier alpha value is -3.15. The zero-order valence-corrected chi connectivity index (χ0v) is 15.0. The van der Waals surface area contributed by atoms with Gasteiger partial charge in [0.2, 0.25) is 0 Å². The number of benzene rings is 2. The number of carbonyl (C=O) groups is 2. The predicted octanol–water partition coefficient (Wildman–Crippen LogP) is 2.58. The Morgan fingerprint density at radius 3 is 2.50 bits per heavy atom. The molecule has 2 amide bonds. The van der Waals surface area contributed by atoms with E-state index in [1.165, 1.54) is 11.1 Å². The Balaban J connectivity index is 1.90. The molecule has 2 aromatic rings. The summed E-state index contributed by atoms with van der Waals surface area (Å²) in [6.07, 6.45) is 1.47. The molecule has 0 saturated heterocycles. The van der Waals surface area contributed by atoms with Gasteiger partial charge in [0.05, 0.1) is 6.21 Å². The van der Waals surface area contributed by atoms with Crippen molar-refractivity contribution in [1.82, 2.24) is 10.3 Å². The van der Waals surface area contributed by atoms with Crippen LogP contribution in [0.4, 0.5) is 0 Å². The van der Waals surface area contributed by atoms with Crippen LogP contribution in [0.5, 0.6) is 5.75 Å². The van der Waals surface area contributed by atoms with Crippen LogP contribution in [0.3, 0.4) is 0 Å². The number of rotatable bonds is 7. The van der Waals surface area contributed by atoms with Crippen LogP contribution in [0.1, 0.15) is 25.0 Å². The van der Waals surface area contributed by atoms with E-state index in [1.807, 2.05) is 68.4 Å². The second-order valence-corrected chi connectivity index (χ2v) is 5.52. The summed E-state index contributed by atoms with van der Waals surface area (Å²) in [7, 11) is 0. The first-order valence-corrected chi connectivity index (χ1v) is 8.53. The number of nitrogens with zero attached hydrogens (tertiary/aromatic N) is 2. The molecule has 2 rings (SSSR count). The molecule has 6 nitrogen and oxygen atoms in total. The fourth-order valence-electron chi connectivity index (χ4n) is 2.29. The van der Waals surface area contributed by atoms with Crippen molar-refractivity contribution in [3.63, 3.8) is 0 Å². The Kier molecular flexibility index (Phi) is 7.36. The topological polar surface area (TPSA) is 71.0 Å². The summed E-state index contributed by atoms with van der Waals surface area (Å²) in [5, 5.41) is 3.85. The monoisotopic (exact) mass is 353 g/mol. The lowest BCUT2D eigenvalue weighted by atomic mass is 10.2. The van der Waals surface area contributed by atoms with Crippen molar-refractivity contribution in [2.45, 2.75) is 20.5 Å². The molecule has 0 aliphatic carbocycles. The van der Waals surface area contributed by atoms with E-state index in [1.54, 1.807) is 0 Å². The van der Waals surface area contributed by atoms with E-state index in [0.717, 1.165) is 11.1 Å². The Morgan fingerprint density at radius 2 is 1.81 bits per heavy atom. The van der Waals surface area contributed by atoms with Crippen LogP contribution in [0.2, 0.25) is 0 Å². The summed E-state index contributed by atoms with van der Waals surface area (Å²) in [6.45, 7) is 5.06. The first-order valence-electron chi connectivity index (χ1n) is 8.53. The Morgan fingerprint density at radius 1 is 1.08 bits per heavy atom. The maximum atomic E-state index is 11.8. The zero-order chi connectivity index (χ0) is 18.8. The third kappa shape index (κ3) is 5.73. The van der Waals surface area contributed by atoms with E-state index in [9.17, 15) is 9.59 Å². The molecule has 0 spiro atoms. The van der Waals surface area contributed by atoms with Crippen molar-refractivity contribution in [2.24, 2.45) is 5.10 Å². The SMILES string of the molecule is CCN(CC)C(=O)C(=O)NN=Cc1cccc(OCc2ccccc2)c1. The molecule has 1 N–H and O–H groups in total. The van der Waals surface area contributed by atoms with Crippen LogP contribution in [-0.2, 0) is 16.2 Å². The van der Waals surface area contributed by atoms with Crippen molar-refractivity contribution in [3.05, 3.63) is 65.7 Å². The van der Waals surface area contributed by atoms with Crippen molar-refractivity contribution < 1.29 is 14.3 Å². The molecule has 0 aliphatic heterocycles. The number of nitrogens with one attached hydrogen (secondary N) is 1. The van der Waals surface area contributed by atoms with E-state index < -0.39 is 11.8 Å². The van der Waals surface area contributed by atoms with E-state index in [4.69, 9.17) is 4.74 Å². The molecule has 2 aromatic carbocycles. The lowest BCUT2D eigenvalue weighted by Crippen LogP contribution is -2.41. The standard InChI is InChI=1S/C20H23N3O3/c1-3-23(4-2)20(25)19(24)22-21-14-17-11-8-12-18(13-17)26-15-16-9-6-5-7-10-16/h5-14H,3-4,15H2,1-2H3,(H,22,24). The summed E-state index contributed by atoms with van der Waals surface area (Å²) in [5.41, 5.74) is 4.09. The van der Waals surface area contributed by atoms with E-state index >= 15 is 0 Å². The van der Waals surface area contributed by atoms with Crippen molar-refractivity contribution in [2.75, 3.05) is 13.1 Å². The molecule has 0 radical (unpaired) electrons. The predicted molar refractivity (Wildman–Crippen MR) is 101 cm³/mol. The molecule has 6 heteroatoms. The van der Waals surface area contributed by atoms with Crippen LogP contribution in [0.15, 0.2) is 59.7 Å². The molecule has 0 atom stereocenters. The molecule has 26 heavy (non-hydrogen) atoms. The van der Waals surface area contributed by atoms with Crippen molar-refractivity contribution in [3.8, 4) is 5.75 Å². The summed E-state index contributed by atoms with van der Waals surface area (Å²) in [5.74, 6) is -0.642. The molecule has 0 fully saturated rings. The van der Waals surface area contributed by atoms with Gasteiger partial charge in [-0.1, -0.05) is 42.5 Å². The van der Waals surface area contributed by atoms with Gasteiger partial charge >= 0.3 is 11.8 Å². The average Bonchev–Trinajstić information content (AvgIpc) is 2.68. The third-order valence-electron chi connectivity index (χ3n) is 3.73. The number of hydrogen-bond acceptors (Lipinski definition) is 4. The Bertz CT molecular complexity index is 756. The van der Waals surface area contributed by atoms with Gasteiger partial charge in [0.15, 0.2) is 0 Å². The molecule has 0 heterocycles. The first-order chi connectivity index (χ1) is 12.6. The van der Waals surface area contributed by atoms with E-state index in [0.29, 0.717) is 25.4 Å². The van der Waals surface area contributed by atoms with Gasteiger partial charge in [0, 0.05) is 13.1 Å². The molecule has 0 aromatic heterocycles. The number of ether oxygens (including phenoxy) is 1. The lowest BCUT2D eigenvalue weighted by Gasteiger charge is -2.16. The number of amides is 2. The van der Waals surface area contributed by atoms with Crippen LogP contribution >= 0.6 is 0 Å². The van der Waals surface area contributed by atoms with Gasteiger partial charge in [-0.25, -0.2) is 5.43 Å². The van der Waals surface area contributed by atoms with Gasteiger partial charge in [-0.15, -0.1) is 0 Å². The molecular formula is C20H23N3O3. The first kappa shape index (κ1) is 19.2. The number of hydrogen-bond donors (Lipinski definition) is 1. The van der Waals surface area contributed by atoms with Crippen molar-refractivity contribution >= 4 is 18.0 Å². The summed E-state index contributed by atoms with van der Waals surface area (Å²) >= 11 is 0. The highest BCUT2D eigenvalue weighted by atomic mass is 16.5. The normalized spacial score (nSPS) is 10.5. The molecule has 136 valence electrons. The van der Waals surface area contributed by atoms with Gasteiger partial charge < -0.3 is 9.64 Å². The summed E-state index contributed by atoms with van der Waals surface area (Å²) in [4.78, 5) is 25.1. The van der Waals surface area contributed by atoms with E-state index in [-0.39, 0.29) is 0 Å². The molecule has 0 bridgehead atoms. The van der Waals surface area contributed by atoms with Gasteiger partial charge in [0.25, 0.3) is 0 Å². The van der Waals surface area contributed by atoms with Crippen molar-refractivity contribution in [1.29, 1.82) is 0 Å². The third-order valence-corrected chi connectivity index (χ3v) is 3.73. The highest BCUT2D eigenvalue weighted by molar-refractivity contribution is 6.34. The number of carbonyl (C=O) groups excluding carboxylic acids is 2.